The third-order valence-electron chi connectivity index (χ3n) is 2.76. The minimum atomic E-state index is -0.302. The molecule has 2 rings (SSSR count). The first-order valence-electron chi connectivity index (χ1n) is 6.35. The first kappa shape index (κ1) is 15.3. The van der Waals surface area contributed by atoms with E-state index in [0.29, 0.717) is 6.54 Å². The first-order chi connectivity index (χ1) is 10.1. The fraction of sp³-hybridized carbons (Fsp3) is 0.0625. The summed E-state index contributed by atoms with van der Waals surface area (Å²) < 4.78 is 13.7. The summed E-state index contributed by atoms with van der Waals surface area (Å²) in [7, 11) is 0. The maximum absolute atomic E-state index is 12.7. The molecular weight excluding hydrogens is 335 g/mol. The lowest BCUT2D eigenvalue weighted by atomic mass is 10.2. The monoisotopic (exact) mass is 348 g/mol. The van der Waals surface area contributed by atoms with Crippen molar-refractivity contribution in [3.05, 3.63) is 76.1 Å². The van der Waals surface area contributed by atoms with Crippen molar-refractivity contribution in [2.45, 2.75) is 6.54 Å². The minimum Gasteiger partial charge on any atom is -0.334 e. The summed E-state index contributed by atoms with van der Waals surface area (Å²) in [5, 5.41) is 5.34. The van der Waals surface area contributed by atoms with Crippen molar-refractivity contribution in [2.75, 3.05) is 0 Å². The van der Waals surface area contributed by atoms with Gasteiger partial charge in [-0.05, 0) is 35.4 Å². The summed E-state index contributed by atoms with van der Waals surface area (Å²) in [6, 6.07) is 13.4. The van der Waals surface area contributed by atoms with Crippen LogP contribution in [0.5, 0.6) is 0 Å². The van der Waals surface area contributed by atoms with E-state index in [1.165, 1.54) is 18.3 Å². The van der Waals surface area contributed by atoms with Crippen molar-refractivity contribution < 1.29 is 9.18 Å². The molecule has 2 aromatic rings. The van der Waals surface area contributed by atoms with Gasteiger partial charge in [0.15, 0.2) is 0 Å². The van der Waals surface area contributed by atoms with E-state index in [1.54, 1.807) is 18.2 Å². The van der Waals surface area contributed by atoms with Crippen LogP contribution < -0.4 is 10.6 Å². The normalized spacial score (nSPS) is 10.6. The van der Waals surface area contributed by atoms with Crippen LogP contribution in [0.15, 0.2) is 59.2 Å². The molecule has 108 valence electrons. The van der Waals surface area contributed by atoms with Gasteiger partial charge in [-0.2, -0.15) is 0 Å². The van der Waals surface area contributed by atoms with E-state index in [0.717, 1.165) is 15.6 Å². The predicted molar refractivity (Wildman–Crippen MR) is 84.9 cm³/mol. The Hall–Kier alpha value is -2.14. The van der Waals surface area contributed by atoms with E-state index in [4.69, 9.17) is 0 Å². The first-order valence-corrected chi connectivity index (χ1v) is 7.14. The Labute approximate surface area is 131 Å². The zero-order valence-corrected chi connectivity index (χ0v) is 12.7. The molecule has 2 amide bonds. The molecule has 0 aliphatic heterocycles. The quantitative estimate of drug-likeness (QED) is 0.859. The van der Waals surface area contributed by atoms with Crippen molar-refractivity contribution in [1.29, 1.82) is 0 Å². The highest BCUT2D eigenvalue weighted by atomic mass is 79.9. The molecule has 0 spiro atoms. The van der Waals surface area contributed by atoms with Crippen molar-refractivity contribution in [1.82, 2.24) is 10.6 Å². The molecule has 0 radical (unpaired) electrons. The lowest BCUT2D eigenvalue weighted by Gasteiger charge is -2.06. The molecule has 0 fully saturated rings. The van der Waals surface area contributed by atoms with Crippen LogP contribution in [-0.4, -0.2) is 6.03 Å². The lowest BCUT2D eigenvalue weighted by Crippen LogP contribution is -2.31. The number of benzene rings is 2. The average molecular weight is 349 g/mol. The van der Waals surface area contributed by atoms with Crippen molar-refractivity contribution >= 4 is 28.0 Å². The van der Waals surface area contributed by atoms with Gasteiger partial charge in [-0.3, -0.25) is 0 Å². The van der Waals surface area contributed by atoms with E-state index >= 15 is 0 Å². The standard InChI is InChI=1S/C16H14BrFN2O/c17-15-4-2-1-3-13(15)11-20-16(21)19-10-9-12-5-7-14(18)8-6-12/h1-10H,11H2,(H2,19,20,21)/b10-9+. The molecule has 0 aromatic heterocycles. The average Bonchev–Trinajstić information content (AvgIpc) is 2.48. The van der Waals surface area contributed by atoms with E-state index in [-0.39, 0.29) is 11.8 Å². The number of carbonyl (C=O) groups excluding carboxylic acids is 1. The van der Waals surface area contributed by atoms with Gasteiger partial charge < -0.3 is 10.6 Å². The van der Waals surface area contributed by atoms with E-state index < -0.39 is 0 Å². The molecule has 21 heavy (non-hydrogen) atoms. The topological polar surface area (TPSA) is 41.1 Å². The Balaban J connectivity index is 1.80. The van der Waals surface area contributed by atoms with Crippen LogP contribution >= 0.6 is 15.9 Å². The second-order valence-electron chi connectivity index (χ2n) is 4.30. The summed E-state index contributed by atoms with van der Waals surface area (Å²) in [6.07, 6.45) is 3.21. The Bertz CT molecular complexity index is 641. The molecular formula is C16H14BrFN2O. The summed E-state index contributed by atoms with van der Waals surface area (Å²) in [6.45, 7) is 0.428. The zero-order valence-electron chi connectivity index (χ0n) is 11.1. The van der Waals surface area contributed by atoms with Gasteiger partial charge in [-0.25, -0.2) is 9.18 Å². The maximum atomic E-state index is 12.7. The molecule has 0 bridgehead atoms. The highest BCUT2D eigenvalue weighted by Crippen LogP contribution is 2.15. The van der Waals surface area contributed by atoms with Crippen molar-refractivity contribution in [3.63, 3.8) is 0 Å². The number of carbonyl (C=O) groups is 1. The molecule has 0 saturated heterocycles. The number of hydrogen-bond acceptors (Lipinski definition) is 1. The smallest absolute Gasteiger partial charge is 0.319 e. The number of rotatable bonds is 4. The van der Waals surface area contributed by atoms with E-state index in [9.17, 15) is 9.18 Å². The van der Waals surface area contributed by atoms with Crippen LogP contribution in [0.3, 0.4) is 0 Å². The van der Waals surface area contributed by atoms with Crippen LogP contribution in [0.2, 0.25) is 0 Å². The summed E-state index contributed by atoms with van der Waals surface area (Å²) in [4.78, 5) is 11.6. The van der Waals surface area contributed by atoms with Crippen LogP contribution in [0.4, 0.5) is 9.18 Å². The molecule has 0 heterocycles. The second kappa shape index (κ2) is 7.59. The molecule has 0 aliphatic rings. The van der Waals surface area contributed by atoms with Gasteiger partial charge >= 0.3 is 6.03 Å². The van der Waals surface area contributed by atoms with E-state index in [2.05, 4.69) is 26.6 Å². The largest absolute Gasteiger partial charge is 0.334 e. The summed E-state index contributed by atoms with van der Waals surface area (Å²) >= 11 is 3.42. The second-order valence-corrected chi connectivity index (χ2v) is 5.16. The van der Waals surface area contributed by atoms with Crippen LogP contribution in [0.1, 0.15) is 11.1 Å². The number of nitrogens with one attached hydrogen (secondary N) is 2. The molecule has 0 saturated carbocycles. The van der Waals surface area contributed by atoms with Gasteiger partial charge in [0.25, 0.3) is 0 Å². The Kier molecular flexibility index (Phi) is 5.51. The van der Waals surface area contributed by atoms with Gasteiger partial charge in [-0.15, -0.1) is 0 Å². The number of halogens is 2. The molecule has 3 nitrogen and oxygen atoms in total. The summed E-state index contributed by atoms with van der Waals surface area (Å²) in [5.74, 6) is -0.286. The third kappa shape index (κ3) is 5.04. The molecule has 0 unspecified atom stereocenters. The molecule has 0 atom stereocenters. The Morgan fingerprint density at radius 2 is 1.86 bits per heavy atom. The van der Waals surface area contributed by atoms with Crippen LogP contribution in [0, 0.1) is 5.82 Å². The highest BCUT2D eigenvalue weighted by Gasteiger charge is 2.00. The highest BCUT2D eigenvalue weighted by molar-refractivity contribution is 9.10. The Morgan fingerprint density at radius 3 is 2.57 bits per heavy atom. The minimum absolute atomic E-state index is 0.286. The molecule has 0 aliphatic carbocycles. The van der Waals surface area contributed by atoms with Crippen molar-refractivity contribution in [3.8, 4) is 0 Å². The molecule has 2 N–H and O–H groups in total. The van der Waals surface area contributed by atoms with Gasteiger partial charge in [0.1, 0.15) is 5.82 Å². The maximum Gasteiger partial charge on any atom is 0.319 e. The zero-order chi connectivity index (χ0) is 15.1. The predicted octanol–water partition coefficient (Wildman–Crippen LogP) is 4.06. The molecule has 2 aromatic carbocycles. The number of urea groups is 1. The van der Waals surface area contributed by atoms with Crippen LogP contribution in [0.25, 0.3) is 6.08 Å². The lowest BCUT2D eigenvalue weighted by molar-refractivity contribution is 0.244. The third-order valence-corrected chi connectivity index (χ3v) is 3.53. The van der Waals surface area contributed by atoms with Crippen LogP contribution in [-0.2, 0) is 6.54 Å². The fourth-order valence-electron chi connectivity index (χ4n) is 1.66. The summed E-state index contributed by atoms with van der Waals surface area (Å²) in [5.41, 5.74) is 1.80. The Morgan fingerprint density at radius 1 is 1.14 bits per heavy atom. The fourth-order valence-corrected chi connectivity index (χ4v) is 2.08. The van der Waals surface area contributed by atoms with Gasteiger partial charge in [0.2, 0.25) is 0 Å². The van der Waals surface area contributed by atoms with Crippen molar-refractivity contribution in [2.24, 2.45) is 0 Å². The SMILES string of the molecule is O=C(N/C=C/c1ccc(F)cc1)NCc1ccccc1Br. The van der Waals surface area contributed by atoms with Gasteiger partial charge in [-0.1, -0.05) is 46.3 Å². The number of hydrogen-bond donors (Lipinski definition) is 2. The number of amides is 2. The van der Waals surface area contributed by atoms with Gasteiger partial charge in [0.05, 0.1) is 0 Å². The molecule has 5 heteroatoms. The van der Waals surface area contributed by atoms with Gasteiger partial charge in [0, 0.05) is 17.2 Å². The van der Waals surface area contributed by atoms with E-state index in [1.807, 2.05) is 24.3 Å².